The van der Waals surface area contributed by atoms with E-state index in [4.69, 9.17) is 9.16 Å². The predicted molar refractivity (Wildman–Crippen MR) is 93.4 cm³/mol. The van der Waals surface area contributed by atoms with Crippen LogP contribution in [0, 0.1) is 5.92 Å². The van der Waals surface area contributed by atoms with E-state index in [-0.39, 0.29) is 23.5 Å². The van der Waals surface area contributed by atoms with Gasteiger partial charge >= 0.3 is 6.09 Å². The first-order valence-corrected chi connectivity index (χ1v) is 10.9. The van der Waals surface area contributed by atoms with Crippen LogP contribution in [0.2, 0.25) is 18.1 Å². The van der Waals surface area contributed by atoms with Crippen LogP contribution in [0.5, 0.6) is 0 Å². The van der Waals surface area contributed by atoms with Gasteiger partial charge < -0.3 is 9.16 Å². The number of rotatable bonds is 6. The minimum absolute atomic E-state index is 0.178. The van der Waals surface area contributed by atoms with Gasteiger partial charge in [0.05, 0.1) is 12.8 Å². The third kappa shape index (κ3) is 5.86. The number of cyclic esters (lactones) is 1. The molecule has 0 N–H and O–H groups in total. The molecule has 2 amide bonds. The van der Waals surface area contributed by atoms with Gasteiger partial charge in [0.25, 0.3) is 5.91 Å². The summed E-state index contributed by atoms with van der Waals surface area (Å²) in [6.45, 7) is 13.7. The van der Waals surface area contributed by atoms with Crippen molar-refractivity contribution in [2.24, 2.45) is 5.92 Å². The lowest BCUT2D eigenvalue weighted by Crippen LogP contribution is -2.39. The quantitative estimate of drug-likeness (QED) is 0.415. The van der Waals surface area contributed by atoms with Crippen molar-refractivity contribution in [1.29, 1.82) is 0 Å². The Balaban J connectivity index is 2.40. The summed E-state index contributed by atoms with van der Waals surface area (Å²) in [6.07, 6.45) is 7.19. The monoisotopic (exact) mass is 339 g/mol. The average Bonchev–Trinajstić information content (AvgIpc) is 2.83. The first-order chi connectivity index (χ1) is 10.5. The van der Waals surface area contributed by atoms with Crippen LogP contribution in [0.15, 0.2) is 24.5 Å². The highest BCUT2D eigenvalue weighted by atomic mass is 28.4. The molecule has 1 fully saturated rings. The van der Waals surface area contributed by atoms with E-state index in [0.717, 1.165) is 4.90 Å². The third-order valence-electron chi connectivity index (χ3n) is 4.37. The molecule has 1 aliphatic heterocycles. The summed E-state index contributed by atoms with van der Waals surface area (Å²) in [6, 6.07) is 0. The molecule has 0 spiro atoms. The molecule has 0 aromatic rings. The Hall–Kier alpha value is -1.56. The van der Waals surface area contributed by atoms with Crippen LogP contribution in [-0.4, -0.2) is 38.4 Å². The molecule has 1 aliphatic rings. The van der Waals surface area contributed by atoms with Gasteiger partial charge in [0.2, 0.25) is 8.32 Å². The van der Waals surface area contributed by atoms with E-state index in [0.29, 0.717) is 13.0 Å². The molecule has 0 aromatic carbocycles. The fourth-order valence-corrected chi connectivity index (χ4v) is 2.44. The summed E-state index contributed by atoms with van der Waals surface area (Å²) in [7, 11) is -1.76. The van der Waals surface area contributed by atoms with Gasteiger partial charge in [0.1, 0.15) is 6.61 Å². The summed E-state index contributed by atoms with van der Waals surface area (Å²) in [5.41, 5.74) is 0. The van der Waals surface area contributed by atoms with E-state index < -0.39 is 14.4 Å². The Morgan fingerprint density at radius 1 is 1.43 bits per heavy atom. The van der Waals surface area contributed by atoms with Crippen LogP contribution in [-0.2, 0) is 14.0 Å². The van der Waals surface area contributed by atoms with E-state index >= 15 is 0 Å². The lowest BCUT2D eigenvalue weighted by Gasteiger charge is -2.35. The largest absolute Gasteiger partial charge is 0.549 e. The van der Waals surface area contributed by atoms with Crippen LogP contribution >= 0.6 is 0 Å². The number of amides is 2. The summed E-state index contributed by atoms with van der Waals surface area (Å²) in [4.78, 5) is 24.2. The van der Waals surface area contributed by atoms with Crippen LogP contribution in [0.1, 0.15) is 34.1 Å². The number of hydrogen-bond acceptors (Lipinski definition) is 4. The second kappa shape index (κ2) is 7.81. The Bertz CT molecular complexity index is 491. The summed E-state index contributed by atoms with van der Waals surface area (Å²) in [5.74, 6) is -0.0597. The Kier molecular flexibility index (Phi) is 6.62. The zero-order chi connectivity index (χ0) is 17.7. The first-order valence-electron chi connectivity index (χ1n) is 8.04. The zero-order valence-electron chi connectivity index (χ0n) is 15.1. The van der Waals surface area contributed by atoms with E-state index in [9.17, 15) is 9.59 Å². The zero-order valence-corrected chi connectivity index (χ0v) is 16.1. The molecule has 1 rings (SSSR count). The van der Waals surface area contributed by atoms with Crippen molar-refractivity contribution < 1.29 is 18.8 Å². The second-order valence-electron chi connectivity index (χ2n) is 7.43. The standard InChI is InChI=1S/C17H29NO4Si/c1-14(10-12-22-23(5,6)17(2,3)4)8-7-9-15(19)18-11-13-21-16(18)20/h7,9-10,12,14H,8,11,13H2,1-6H3/b9-7+,12-10+/t14-/m1/s1. The topological polar surface area (TPSA) is 55.8 Å². The molecule has 0 aliphatic carbocycles. The fraction of sp³-hybridized carbons (Fsp3) is 0.647. The lowest BCUT2D eigenvalue weighted by molar-refractivity contribution is -0.122. The highest BCUT2D eigenvalue weighted by Crippen LogP contribution is 2.36. The molecule has 0 unspecified atom stereocenters. The van der Waals surface area contributed by atoms with Crippen molar-refractivity contribution in [2.45, 2.75) is 52.2 Å². The van der Waals surface area contributed by atoms with Gasteiger partial charge in [-0.2, -0.15) is 0 Å². The van der Waals surface area contributed by atoms with Gasteiger partial charge in [-0.05, 0) is 42.6 Å². The normalized spacial score (nSPS) is 17.8. The highest BCUT2D eigenvalue weighted by Gasteiger charge is 2.37. The average molecular weight is 340 g/mol. The molecule has 0 radical (unpaired) electrons. The van der Waals surface area contributed by atoms with Gasteiger partial charge in [-0.25, -0.2) is 9.69 Å². The smallest absolute Gasteiger partial charge is 0.416 e. The van der Waals surface area contributed by atoms with Gasteiger partial charge in [-0.1, -0.05) is 33.8 Å². The molecule has 130 valence electrons. The molecule has 6 heteroatoms. The number of carbonyl (C=O) groups excluding carboxylic acids is 2. The maximum atomic E-state index is 11.8. The molecule has 1 atom stereocenters. The van der Waals surface area contributed by atoms with Crippen molar-refractivity contribution >= 4 is 20.3 Å². The molecule has 1 heterocycles. The second-order valence-corrected chi connectivity index (χ2v) is 12.2. The Morgan fingerprint density at radius 3 is 2.61 bits per heavy atom. The van der Waals surface area contributed by atoms with E-state index in [1.54, 1.807) is 12.3 Å². The summed E-state index contributed by atoms with van der Waals surface area (Å²) in [5, 5.41) is 0.178. The van der Waals surface area contributed by atoms with Gasteiger partial charge in [-0.3, -0.25) is 4.79 Å². The minimum atomic E-state index is -1.76. The van der Waals surface area contributed by atoms with Crippen molar-refractivity contribution in [3.63, 3.8) is 0 Å². The minimum Gasteiger partial charge on any atom is -0.549 e. The highest BCUT2D eigenvalue weighted by molar-refractivity contribution is 6.74. The Labute approximate surface area is 140 Å². The van der Waals surface area contributed by atoms with E-state index in [2.05, 4.69) is 40.8 Å². The van der Waals surface area contributed by atoms with Crippen LogP contribution in [0.25, 0.3) is 0 Å². The molecule has 0 aromatic heterocycles. The number of allylic oxidation sites excluding steroid dienone is 2. The number of imide groups is 1. The maximum absolute atomic E-state index is 11.8. The van der Waals surface area contributed by atoms with Crippen molar-refractivity contribution in [1.82, 2.24) is 4.90 Å². The number of hydrogen-bond donors (Lipinski definition) is 0. The molecular formula is C17H29NO4Si. The third-order valence-corrected chi connectivity index (χ3v) is 8.71. The molecule has 0 bridgehead atoms. The van der Waals surface area contributed by atoms with E-state index in [1.807, 2.05) is 6.08 Å². The lowest BCUT2D eigenvalue weighted by atomic mass is 10.1. The summed E-state index contributed by atoms with van der Waals surface area (Å²) < 4.78 is 10.7. The van der Waals surface area contributed by atoms with E-state index in [1.165, 1.54) is 6.08 Å². The summed E-state index contributed by atoms with van der Waals surface area (Å²) >= 11 is 0. The fourth-order valence-electron chi connectivity index (χ4n) is 1.67. The molecule has 1 saturated heterocycles. The SMILES string of the molecule is C[C@@H](/C=C/O[Si](C)(C)C(C)(C)C)C/C=C/C(=O)N1CCOC1=O. The van der Waals surface area contributed by atoms with Crippen LogP contribution < -0.4 is 0 Å². The number of nitrogens with zero attached hydrogens (tertiary/aromatic N) is 1. The van der Waals surface area contributed by atoms with Crippen molar-refractivity contribution in [3.8, 4) is 0 Å². The van der Waals surface area contributed by atoms with Gasteiger partial charge in [0, 0.05) is 0 Å². The first kappa shape index (κ1) is 19.5. The van der Waals surface area contributed by atoms with Gasteiger partial charge in [-0.15, -0.1) is 0 Å². The number of ether oxygens (including phenoxy) is 1. The Morgan fingerprint density at radius 2 is 2.09 bits per heavy atom. The van der Waals surface area contributed by atoms with Crippen LogP contribution in [0.3, 0.4) is 0 Å². The maximum Gasteiger partial charge on any atom is 0.416 e. The molecular weight excluding hydrogens is 310 g/mol. The molecule has 0 saturated carbocycles. The van der Waals surface area contributed by atoms with Crippen molar-refractivity contribution in [2.75, 3.05) is 13.2 Å². The predicted octanol–water partition coefficient (Wildman–Crippen LogP) is 4.08. The van der Waals surface area contributed by atoms with Gasteiger partial charge in [0.15, 0.2) is 0 Å². The molecule has 23 heavy (non-hydrogen) atoms. The van der Waals surface area contributed by atoms with Crippen LogP contribution in [0.4, 0.5) is 4.79 Å². The number of carbonyl (C=O) groups is 2. The van der Waals surface area contributed by atoms with Crippen molar-refractivity contribution in [3.05, 3.63) is 24.5 Å². The molecule has 5 nitrogen and oxygen atoms in total.